The maximum atomic E-state index is 13.0. The molecule has 0 amide bonds. The van der Waals surface area contributed by atoms with E-state index in [0.717, 1.165) is 0 Å². The molecule has 1 aromatic rings. The lowest BCUT2D eigenvalue weighted by atomic mass is 10.1. The summed E-state index contributed by atoms with van der Waals surface area (Å²) in [5.41, 5.74) is -3.90. The van der Waals surface area contributed by atoms with Crippen molar-refractivity contribution >= 4 is 26.9 Å². The number of halogens is 3. The zero-order valence-electron chi connectivity index (χ0n) is 15.0. The van der Waals surface area contributed by atoms with Crippen LogP contribution >= 0.6 is 0 Å². The van der Waals surface area contributed by atoms with Crippen molar-refractivity contribution in [2.24, 2.45) is 0 Å². The molecule has 0 aliphatic carbocycles. The molecule has 0 saturated carbocycles. The molecule has 2 aliphatic rings. The molecule has 0 radical (unpaired) electrons. The quantitative estimate of drug-likeness (QED) is 0.515. The Kier molecular flexibility index (Phi) is 5.42. The van der Waals surface area contributed by atoms with E-state index in [1.807, 2.05) is 4.90 Å². The van der Waals surface area contributed by atoms with E-state index in [1.165, 1.54) is 4.90 Å². The van der Waals surface area contributed by atoms with Crippen LogP contribution in [0.5, 0.6) is 0 Å². The van der Waals surface area contributed by atoms with Crippen LogP contribution in [0.2, 0.25) is 0 Å². The Labute approximate surface area is 163 Å². The minimum absolute atomic E-state index is 0.00752. The standard InChI is InChI=1S/C15H17F3N4O6S/c16-15(17,18)10-7-12(21(23)24)14(13(8-10)22(25)26)20-4-2-19(3-5-20)11-1-6-29(27,28)9-11/h7-8,11H,1-6,9H2. The number of sulfone groups is 1. The van der Waals surface area contributed by atoms with Gasteiger partial charge in [0.1, 0.15) is 0 Å². The van der Waals surface area contributed by atoms with Gasteiger partial charge in [-0.1, -0.05) is 0 Å². The lowest BCUT2D eigenvalue weighted by Gasteiger charge is -2.38. The van der Waals surface area contributed by atoms with Crippen LogP contribution in [0.1, 0.15) is 12.0 Å². The molecule has 2 saturated heterocycles. The maximum absolute atomic E-state index is 13.0. The van der Waals surface area contributed by atoms with Crippen molar-refractivity contribution in [3.8, 4) is 0 Å². The summed E-state index contributed by atoms with van der Waals surface area (Å²) < 4.78 is 62.3. The van der Waals surface area contributed by atoms with Crippen molar-refractivity contribution in [1.29, 1.82) is 0 Å². The highest BCUT2D eigenvalue weighted by atomic mass is 32.2. The van der Waals surface area contributed by atoms with Crippen molar-refractivity contribution in [1.82, 2.24) is 4.90 Å². The number of nitrogens with zero attached hydrogens (tertiary/aromatic N) is 4. The summed E-state index contributed by atoms with van der Waals surface area (Å²) in [4.78, 5) is 23.8. The summed E-state index contributed by atoms with van der Waals surface area (Å²) >= 11 is 0. The van der Waals surface area contributed by atoms with Crippen LogP contribution in [0.4, 0.5) is 30.2 Å². The third-order valence-electron chi connectivity index (χ3n) is 5.15. The van der Waals surface area contributed by atoms with Gasteiger partial charge in [0.2, 0.25) is 0 Å². The van der Waals surface area contributed by atoms with Crippen LogP contribution in [0, 0.1) is 20.2 Å². The predicted octanol–water partition coefficient (Wildman–Crippen LogP) is 1.83. The SMILES string of the molecule is O=[N+]([O-])c1cc(C(F)(F)F)cc([N+](=O)[O-])c1N1CCN(C2CCS(=O)(=O)C2)CC1. The van der Waals surface area contributed by atoms with Gasteiger partial charge < -0.3 is 4.90 Å². The molecule has 1 aromatic carbocycles. The van der Waals surface area contributed by atoms with Gasteiger partial charge in [-0.25, -0.2) is 8.42 Å². The highest BCUT2D eigenvalue weighted by molar-refractivity contribution is 7.91. The van der Waals surface area contributed by atoms with Gasteiger partial charge in [-0.05, 0) is 6.42 Å². The number of nitro benzene ring substituents is 2. The van der Waals surface area contributed by atoms with Crippen molar-refractivity contribution < 1.29 is 31.4 Å². The fraction of sp³-hybridized carbons (Fsp3) is 0.600. The number of hydrogen-bond acceptors (Lipinski definition) is 8. The molecule has 160 valence electrons. The first kappa shape index (κ1) is 21.2. The van der Waals surface area contributed by atoms with Gasteiger partial charge in [-0.2, -0.15) is 13.2 Å². The second-order valence-electron chi connectivity index (χ2n) is 6.95. The summed E-state index contributed by atoms with van der Waals surface area (Å²) in [6.07, 6.45) is -4.51. The Hall–Kier alpha value is -2.48. The van der Waals surface area contributed by atoms with Gasteiger partial charge in [0.25, 0.3) is 11.4 Å². The summed E-state index contributed by atoms with van der Waals surface area (Å²) in [7, 11) is -3.11. The summed E-state index contributed by atoms with van der Waals surface area (Å²) in [6, 6.07) is 0.413. The number of nitro groups is 2. The maximum Gasteiger partial charge on any atom is 0.416 e. The van der Waals surface area contributed by atoms with E-state index in [0.29, 0.717) is 18.6 Å². The average molecular weight is 438 g/mol. The van der Waals surface area contributed by atoms with Crippen molar-refractivity contribution in [3.05, 3.63) is 37.9 Å². The molecule has 1 unspecified atom stereocenters. The molecule has 2 heterocycles. The number of benzene rings is 1. The van der Waals surface area contributed by atoms with Gasteiger partial charge >= 0.3 is 6.18 Å². The van der Waals surface area contributed by atoms with Gasteiger partial charge in [0.15, 0.2) is 15.5 Å². The normalized spacial score (nSPS) is 22.6. The number of rotatable bonds is 4. The van der Waals surface area contributed by atoms with E-state index < -0.39 is 48.5 Å². The molecule has 0 N–H and O–H groups in total. The van der Waals surface area contributed by atoms with Crippen molar-refractivity contribution in [2.75, 3.05) is 42.6 Å². The Morgan fingerprint density at radius 1 is 1.00 bits per heavy atom. The monoisotopic (exact) mass is 438 g/mol. The Morgan fingerprint density at radius 2 is 1.52 bits per heavy atom. The smallest absolute Gasteiger partial charge is 0.358 e. The molecule has 29 heavy (non-hydrogen) atoms. The van der Waals surface area contributed by atoms with Gasteiger partial charge in [-0.3, -0.25) is 25.1 Å². The minimum Gasteiger partial charge on any atom is -0.358 e. The molecule has 14 heteroatoms. The van der Waals surface area contributed by atoms with Crippen LogP contribution in [-0.4, -0.2) is 66.9 Å². The average Bonchev–Trinajstić information content (AvgIpc) is 2.99. The fourth-order valence-electron chi connectivity index (χ4n) is 3.74. The molecule has 10 nitrogen and oxygen atoms in total. The second-order valence-corrected chi connectivity index (χ2v) is 9.18. The predicted molar refractivity (Wildman–Crippen MR) is 95.6 cm³/mol. The van der Waals surface area contributed by atoms with E-state index in [-0.39, 0.29) is 43.7 Å². The first-order chi connectivity index (χ1) is 13.4. The van der Waals surface area contributed by atoms with E-state index in [1.54, 1.807) is 0 Å². The number of hydrogen-bond donors (Lipinski definition) is 0. The molecule has 0 aromatic heterocycles. The highest BCUT2D eigenvalue weighted by Gasteiger charge is 2.40. The lowest BCUT2D eigenvalue weighted by Crippen LogP contribution is -2.51. The van der Waals surface area contributed by atoms with E-state index >= 15 is 0 Å². The molecular weight excluding hydrogens is 421 g/mol. The Balaban J connectivity index is 1.90. The molecule has 2 fully saturated rings. The third kappa shape index (κ3) is 4.42. The Morgan fingerprint density at radius 3 is 1.90 bits per heavy atom. The zero-order valence-corrected chi connectivity index (χ0v) is 15.8. The second kappa shape index (κ2) is 7.40. The van der Waals surface area contributed by atoms with Gasteiger partial charge in [0.05, 0.1) is 26.9 Å². The molecule has 1 atom stereocenters. The van der Waals surface area contributed by atoms with Crippen LogP contribution in [0.15, 0.2) is 12.1 Å². The lowest BCUT2D eigenvalue weighted by molar-refractivity contribution is -0.393. The van der Waals surface area contributed by atoms with Crippen LogP contribution in [0.25, 0.3) is 0 Å². The number of piperazine rings is 1. The van der Waals surface area contributed by atoms with Crippen LogP contribution in [0.3, 0.4) is 0 Å². The van der Waals surface area contributed by atoms with Crippen LogP contribution in [-0.2, 0) is 16.0 Å². The van der Waals surface area contributed by atoms with Crippen molar-refractivity contribution in [3.63, 3.8) is 0 Å². The van der Waals surface area contributed by atoms with Crippen molar-refractivity contribution in [2.45, 2.75) is 18.6 Å². The molecule has 3 rings (SSSR count). The first-order valence-electron chi connectivity index (χ1n) is 8.62. The first-order valence-corrected chi connectivity index (χ1v) is 10.4. The highest BCUT2D eigenvalue weighted by Crippen LogP contribution is 2.43. The van der Waals surface area contributed by atoms with Gasteiger partial charge in [-0.15, -0.1) is 0 Å². The number of alkyl halides is 3. The summed E-state index contributed by atoms with van der Waals surface area (Å²) in [5.74, 6) is 0.0846. The molecule has 0 spiro atoms. The van der Waals surface area contributed by atoms with E-state index in [2.05, 4.69) is 0 Å². The van der Waals surface area contributed by atoms with E-state index in [4.69, 9.17) is 0 Å². The zero-order chi connectivity index (χ0) is 21.6. The molecular formula is C15H17F3N4O6S. The summed E-state index contributed by atoms with van der Waals surface area (Å²) in [5, 5.41) is 22.8. The number of anilines is 1. The molecule has 2 aliphatic heterocycles. The summed E-state index contributed by atoms with van der Waals surface area (Å²) in [6.45, 7) is 0.748. The van der Waals surface area contributed by atoms with E-state index in [9.17, 15) is 41.8 Å². The topological polar surface area (TPSA) is 127 Å². The Bertz CT molecular complexity index is 909. The van der Waals surface area contributed by atoms with Crippen LogP contribution < -0.4 is 4.90 Å². The van der Waals surface area contributed by atoms with Gasteiger partial charge in [0, 0.05) is 44.4 Å². The largest absolute Gasteiger partial charge is 0.416 e. The minimum atomic E-state index is -4.97. The molecule has 0 bridgehead atoms. The third-order valence-corrected chi connectivity index (χ3v) is 6.90. The fourth-order valence-corrected chi connectivity index (χ4v) is 5.51.